The maximum atomic E-state index is 8.98. The molecule has 0 bridgehead atoms. The summed E-state index contributed by atoms with van der Waals surface area (Å²) in [5.74, 6) is -0.113. The lowest BCUT2D eigenvalue weighted by molar-refractivity contribution is 0.580. The van der Waals surface area contributed by atoms with E-state index in [-0.39, 0.29) is 11.3 Å². The fourth-order valence-electron chi connectivity index (χ4n) is 1.64. The van der Waals surface area contributed by atoms with E-state index in [4.69, 9.17) is 16.9 Å². The summed E-state index contributed by atoms with van der Waals surface area (Å²) in [5, 5.41) is 9.67. The maximum absolute atomic E-state index is 8.98. The van der Waals surface area contributed by atoms with Gasteiger partial charge in [-0.25, -0.2) is 0 Å². The molecule has 1 atom stereocenters. The van der Waals surface area contributed by atoms with Crippen LogP contribution in [0.4, 0.5) is 0 Å². The lowest BCUT2D eigenvalue weighted by Crippen LogP contribution is -2.15. The third-order valence-electron chi connectivity index (χ3n) is 2.48. The Morgan fingerprint density at radius 1 is 1.33 bits per heavy atom. The molecule has 0 aromatic heterocycles. The first-order valence-corrected chi connectivity index (χ1v) is 5.43. The first-order valence-electron chi connectivity index (χ1n) is 5.06. The van der Waals surface area contributed by atoms with E-state index in [1.807, 2.05) is 25.1 Å². The summed E-state index contributed by atoms with van der Waals surface area (Å²) in [6.07, 6.45) is 0. The van der Waals surface area contributed by atoms with Crippen molar-refractivity contribution in [1.82, 2.24) is 0 Å². The van der Waals surface area contributed by atoms with Crippen molar-refractivity contribution >= 4 is 11.6 Å². The molecule has 1 unspecified atom stereocenters. The smallest absolute Gasteiger partial charge is 0.0701 e. The second-order valence-corrected chi connectivity index (χ2v) is 5.27. The molecule has 1 aromatic rings. The van der Waals surface area contributed by atoms with E-state index in [1.165, 1.54) is 5.56 Å². The summed E-state index contributed by atoms with van der Waals surface area (Å²) in [5.41, 5.74) is 2.28. The van der Waals surface area contributed by atoms with E-state index >= 15 is 0 Å². The second-order valence-electron chi connectivity index (χ2n) is 4.83. The highest BCUT2D eigenvalue weighted by Crippen LogP contribution is 2.32. The first-order chi connectivity index (χ1) is 6.86. The van der Waals surface area contributed by atoms with Crippen LogP contribution in [-0.4, -0.2) is 0 Å². The topological polar surface area (TPSA) is 23.8 Å². The van der Waals surface area contributed by atoms with Crippen LogP contribution < -0.4 is 0 Å². The fraction of sp³-hybridized carbons (Fsp3) is 0.462. The molecular weight excluding hydrogens is 206 g/mol. The molecule has 0 spiro atoms. The summed E-state index contributed by atoms with van der Waals surface area (Å²) in [6, 6.07) is 8.07. The molecular formula is C13H16ClN. The van der Waals surface area contributed by atoms with Gasteiger partial charge in [0.15, 0.2) is 0 Å². The molecule has 0 aliphatic rings. The quantitative estimate of drug-likeness (QED) is 0.695. The van der Waals surface area contributed by atoms with Crippen molar-refractivity contribution in [3.05, 3.63) is 34.3 Å². The number of nitriles is 1. The van der Waals surface area contributed by atoms with Gasteiger partial charge in [-0.15, -0.1) is 0 Å². The monoisotopic (exact) mass is 221 g/mol. The van der Waals surface area contributed by atoms with Crippen LogP contribution in [0.2, 0.25) is 5.02 Å². The molecule has 1 rings (SSSR count). The fourth-order valence-corrected chi connectivity index (χ4v) is 1.82. The Balaban J connectivity index is 3.35. The Kier molecular flexibility index (Phi) is 3.42. The first kappa shape index (κ1) is 12.1. The van der Waals surface area contributed by atoms with Crippen LogP contribution in [0, 0.1) is 11.3 Å². The molecule has 0 amide bonds. The summed E-state index contributed by atoms with van der Waals surface area (Å²) in [4.78, 5) is 0. The van der Waals surface area contributed by atoms with E-state index in [2.05, 4.69) is 26.8 Å². The van der Waals surface area contributed by atoms with Gasteiger partial charge in [0.05, 0.1) is 12.0 Å². The Hall–Kier alpha value is -1.00. The van der Waals surface area contributed by atoms with Crippen molar-refractivity contribution in [3.63, 3.8) is 0 Å². The van der Waals surface area contributed by atoms with Gasteiger partial charge in [0.25, 0.3) is 0 Å². The zero-order valence-electron chi connectivity index (χ0n) is 9.63. The van der Waals surface area contributed by atoms with Crippen molar-refractivity contribution < 1.29 is 0 Å². The van der Waals surface area contributed by atoms with Gasteiger partial charge in [0.2, 0.25) is 0 Å². The minimum absolute atomic E-state index is 0.0467. The Labute approximate surface area is 96.7 Å². The standard InChI is InChI=1S/C13H16ClN/c1-9(8-15)11-7-10(14)5-6-12(11)13(2,3)4/h5-7,9H,1-4H3. The van der Waals surface area contributed by atoms with Crippen molar-refractivity contribution in [2.24, 2.45) is 0 Å². The number of nitrogens with zero attached hydrogens (tertiary/aromatic N) is 1. The van der Waals surface area contributed by atoms with Gasteiger partial charge >= 0.3 is 0 Å². The molecule has 0 saturated heterocycles. The number of halogens is 1. The van der Waals surface area contributed by atoms with Gasteiger partial charge in [-0.05, 0) is 35.6 Å². The highest BCUT2D eigenvalue weighted by molar-refractivity contribution is 6.30. The minimum atomic E-state index is -0.113. The Morgan fingerprint density at radius 3 is 2.40 bits per heavy atom. The molecule has 15 heavy (non-hydrogen) atoms. The minimum Gasteiger partial charge on any atom is -0.198 e. The molecule has 1 nitrogen and oxygen atoms in total. The van der Waals surface area contributed by atoms with Crippen LogP contribution in [0.25, 0.3) is 0 Å². The van der Waals surface area contributed by atoms with Crippen LogP contribution in [0.1, 0.15) is 44.7 Å². The molecule has 2 heteroatoms. The van der Waals surface area contributed by atoms with Crippen molar-refractivity contribution in [1.29, 1.82) is 5.26 Å². The lowest BCUT2D eigenvalue weighted by atomic mass is 9.81. The zero-order valence-corrected chi connectivity index (χ0v) is 10.4. The second kappa shape index (κ2) is 4.24. The van der Waals surface area contributed by atoms with Gasteiger partial charge in [-0.3, -0.25) is 0 Å². The Bertz CT molecular complexity index is 396. The Morgan fingerprint density at radius 2 is 1.93 bits per heavy atom. The molecule has 0 N–H and O–H groups in total. The molecule has 80 valence electrons. The lowest BCUT2D eigenvalue weighted by Gasteiger charge is -2.24. The number of hydrogen-bond donors (Lipinski definition) is 0. The van der Waals surface area contributed by atoms with Crippen molar-refractivity contribution in [3.8, 4) is 6.07 Å². The predicted octanol–water partition coefficient (Wildman–Crippen LogP) is 4.26. The van der Waals surface area contributed by atoms with E-state index in [0.29, 0.717) is 5.02 Å². The van der Waals surface area contributed by atoms with Gasteiger partial charge in [-0.1, -0.05) is 38.4 Å². The average molecular weight is 222 g/mol. The van der Waals surface area contributed by atoms with Crippen LogP contribution in [0.3, 0.4) is 0 Å². The van der Waals surface area contributed by atoms with E-state index in [9.17, 15) is 0 Å². The summed E-state index contributed by atoms with van der Waals surface area (Å²) < 4.78 is 0. The maximum Gasteiger partial charge on any atom is 0.0701 e. The molecule has 0 heterocycles. The largest absolute Gasteiger partial charge is 0.198 e. The third-order valence-corrected chi connectivity index (χ3v) is 2.72. The number of hydrogen-bond acceptors (Lipinski definition) is 1. The van der Waals surface area contributed by atoms with E-state index < -0.39 is 0 Å². The summed E-state index contributed by atoms with van der Waals surface area (Å²) in [6.45, 7) is 8.33. The number of benzene rings is 1. The third kappa shape index (κ3) is 2.73. The summed E-state index contributed by atoms with van der Waals surface area (Å²) >= 11 is 5.96. The predicted molar refractivity (Wildman–Crippen MR) is 64.2 cm³/mol. The van der Waals surface area contributed by atoms with Crippen molar-refractivity contribution in [2.75, 3.05) is 0 Å². The van der Waals surface area contributed by atoms with E-state index in [1.54, 1.807) is 0 Å². The van der Waals surface area contributed by atoms with Gasteiger partial charge < -0.3 is 0 Å². The highest BCUT2D eigenvalue weighted by Gasteiger charge is 2.20. The van der Waals surface area contributed by atoms with Crippen molar-refractivity contribution in [2.45, 2.75) is 39.0 Å². The van der Waals surface area contributed by atoms with E-state index in [0.717, 1.165) is 5.56 Å². The molecule has 0 fully saturated rings. The highest BCUT2D eigenvalue weighted by atomic mass is 35.5. The molecule has 0 aliphatic carbocycles. The molecule has 0 radical (unpaired) electrons. The van der Waals surface area contributed by atoms with Gasteiger partial charge in [-0.2, -0.15) is 5.26 Å². The van der Waals surface area contributed by atoms with Crippen LogP contribution in [-0.2, 0) is 5.41 Å². The summed E-state index contributed by atoms with van der Waals surface area (Å²) in [7, 11) is 0. The normalized spacial score (nSPS) is 13.3. The molecule has 0 aliphatic heterocycles. The molecule has 0 saturated carbocycles. The average Bonchev–Trinajstić information content (AvgIpc) is 2.14. The van der Waals surface area contributed by atoms with Crippen LogP contribution in [0.5, 0.6) is 0 Å². The zero-order chi connectivity index (χ0) is 11.6. The van der Waals surface area contributed by atoms with Crippen LogP contribution >= 0.6 is 11.6 Å². The molecule has 1 aromatic carbocycles. The SMILES string of the molecule is CC(C#N)c1cc(Cl)ccc1C(C)(C)C. The van der Waals surface area contributed by atoms with Gasteiger partial charge in [0, 0.05) is 5.02 Å². The van der Waals surface area contributed by atoms with Crippen LogP contribution in [0.15, 0.2) is 18.2 Å². The van der Waals surface area contributed by atoms with Gasteiger partial charge in [0.1, 0.15) is 0 Å². The number of rotatable bonds is 1.